The van der Waals surface area contributed by atoms with Crippen molar-refractivity contribution >= 4 is 6.08 Å². The van der Waals surface area contributed by atoms with E-state index in [1.165, 1.54) is 6.07 Å². The average Bonchev–Trinajstić information content (AvgIpc) is 2.88. The highest BCUT2D eigenvalue weighted by Gasteiger charge is 2.35. The fourth-order valence-electron chi connectivity index (χ4n) is 2.59. The van der Waals surface area contributed by atoms with E-state index in [4.69, 9.17) is 0 Å². The molecule has 2 aromatic carbocycles. The summed E-state index contributed by atoms with van der Waals surface area (Å²) in [5.41, 5.74) is 1.49. The second-order valence-electron chi connectivity index (χ2n) is 5.01. The van der Waals surface area contributed by atoms with Gasteiger partial charge in [0.15, 0.2) is 0 Å². The van der Waals surface area contributed by atoms with Crippen molar-refractivity contribution in [2.24, 2.45) is 0 Å². The van der Waals surface area contributed by atoms with Crippen molar-refractivity contribution in [1.29, 1.82) is 0 Å². The van der Waals surface area contributed by atoms with Crippen molar-refractivity contribution in [3.63, 3.8) is 0 Å². The van der Waals surface area contributed by atoms with Crippen LogP contribution in [0.4, 0.5) is 13.2 Å². The van der Waals surface area contributed by atoms with Crippen molar-refractivity contribution in [3.05, 3.63) is 76.9 Å². The molecule has 0 saturated carbocycles. The highest BCUT2D eigenvalue weighted by Crippen LogP contribution is 2.39. The molecule has 1 nitrogen and oxygen atoms in total. The highest BCUT2D eigenvalue weighted by molar-refractivity contribution is 5.66. The van der Waals surface area contributed by atoms with Crippen molar-refractivity contribution in [1.82, 2.24) is 5.32 Å². The van der Waals surface area contributed by atoms with Crippen LogP contribution in [-0.4, -0.2) is 0 Å². The molecule has 108 valence electrons. The average molecular weight is 289 g/mol. The molecule has 21 heavy (non-hydrogen) atoms. The summed E-state index contributed by atoms with van der Waals surface area (Å²) in [6.45, 7) is 0.617. The Labute approximate surface area is 121 Å². The molecule has 2 aromatic rings. The van der Waals surface area contributed by atoms with Gasteiger partial charge in [0, 0.05) is 6.54 Å². The van der Waals surface area contributed by atoms with E-state index in [0.717, 1.165) is 11.6 Å². The summed E-state index contributed by atoms with van der Waals surface area (Å²) in [5, 5.41) is 3.28. The molecule has 3 rings (SSSR count). The van der Waals surface area contributed by atoms with E-state index in [0.29, 0.717) is 12.1 Å². The maximum atomic E-state index is 13.0. The van der Waals surface area contributed by atoms with Gasteiger partial charge >= 0.3 is 6.18 Å². The third-order valence-corrected chi connectivity index (χ3v) is 3.60. The molecular formula is C17H14F3N. The monoisotopic (exact) mass is 289 g/mol. The molecule has 0 spiro atoms. The molecule has 0 saturated heterocycles. The van der Waals surface area contributed by atoms with E-state index < -0.39 is 11.7 Å². The minimum absolute atomic E-state index is 0.178. The molecule has 1 N–H and O–H groups in total. The van der Waals surface area contributed by atoms with Gasteiger partial charge in [0.25, 0.3) is 0 Å². The van der Waals surface area contributed by atoms with Crippen LogP contribution in [0, 0.1) is 0 Å². The molecule has 0 aliphatic heterocycles. The van der Waals surface area contributed by atoms with Crippen molar-refractivity contribution in [2.75, 3.05) is 0 Å². The molecule has 4 heteroatoms. The molecule has 1 aliphatic carbocycles. The van der Waals surface area contributed by atoms with E-state index in [-0.39, 0.29) is 11.6 Å². The smallest absolute Gasteiger partial charge is 0.303 e. The number of hydrogen-bond acceptors (Lipinski definition) is 1. The Morgan fingerprint density at radius 3 is 2.43 bits per heavy atom. The number of fused-ring (bicyclic) bond motifs is 1. The second-order valence-corrected chi connectivity index (χ2v) is 5.01. The third kappa shape index (κ3) is 2.85. The first kappa shape index (κ1) is 13.9. The summed E-state index contributed by atoms with van der Waals surface area (Å²) in [6.07, 6.45) is -0.979. The van der Waals surface area contributed by atoms with Gasteiger partial charge < -0.3 is 5.32 Å². The Kier molecular flexibility index (Phi) is 3.55. The Morgan fingerprint density at radius 2 is 1.71 bits per heavy atom. The molecule has 1 unspecified atom stereocenters. The van der Waals surface area contributed by atoms with Gasteiger partial charge in [-0.3, -0.25) is 0 Å². The van der Waals surface area contributed by atoms with Gasteiger partial charge in [0.2, 0.25) is 0 Å². The van der Waals surface area contributed by atoms with Crippen LogP contribution in [0.5, 0.6) is 0 Å². The number of nitrogens with one attached hydrogen (secondary N) is 1. The van der Waals surface area contributed by atoms with E-state index >= 15 is 0 Å². The van der Waals surface area contributed by atoms with Gasteiger partial charge in [0.1, 0.15) is 0 Å². The predicted octanol–water partition coefficient (Wildman–Crippen LogP) is 4.56. The van der Waals surface area contributed by atoms with Gasteiger partial charge in [0.05, 0.1) is 11.6 Å². The number of halogens is 3. The minimum Gasteiger partial charge on any atom is -0.303 e. The number of alkyl halides is 3. The van der Waals surface area contributed by atoms with E-state index in [1.807, 2.05) is 30.3 Å². The second kappa shape index (κ2) is 5.37. The summed E-state index contributed by atoms with van der Waals surface area (Å²) in [6, 6.07) is 13.9. The molecule has 0 amide bonds. The summed E-state index contributed by atoms with van der Waals surface area (Å²) in [5.74, 6) is 0. The van der Waals surface area contributed by atoms with Crippen LogP contribution in [0.1, 0.15) is 28.3 Å². The minimum atomic E-state index is -4.32. The Bertz CT molecular complexity index is 659. The van der Waals surface area contributed by atoms with Crippen molar-refractivity contribution in [3.8, 4) is 0 Å². The third-order valence-electron chi connectivity index (χ3n) is 3.60. The van der Waals surface area contributed by atoms with Gasteiger partial charge in [-0.1, -0.05) is 54.6 Å². The lowest BCUT2D eigenvalue weighted by Gasteiger charge is -2.16. The topological polar surface area (TPSA) is 12.0 Å². The standard InChI is InChI=1S/C17H14F3N/c18-17(19,20)15-8-4-7-14-13(15)9-10-16(14)21-11-12-5-2-1-3-6-12/h1-10,16,21H,11H2. The van der Waals surface area contributed by atoms with Crippen LogP contribution >= 0.6 is 0 Å². The zero-order valence-corrected chi connectivity index (χ0v) is 11.2. The molecule has 0 aromatic heterocycles. The molecular weight excluding hydrogens is 275 g/mol. The molecule has 0 heterocycles. The predicted molar refractivity (Wildman–Crippen MR) is 76.5 cm³/mol. The number of rotatable bonds is 3. The van der Waals surface area contributed by atoms with Gasteiger partial charge in [-0.05, 0) is 22.8 Å². The van der Waals surface area contributed by atoms with Crippen LogP contribution in [0.15, 0.2) is 54.6 Å². The molecule has 1 aliphatic rings. The number of benzene rings is 2. The highest BCUT2D eigenvalue weighted by atomic mass is 19.4. The molecule has 0 fully saturated rings. The van der Waals surface area contributed by atoms with Crippen molar-refractivity contribution < 1.29 is 13.2 Å². The largest absolute Gasteiger partial charge is 0.416 e. The van der Waals surface area contributed by atoms with Crippen LogP contribution in [0.3, 0.4) is 0 Å². The Morgan fingerprint density at radius 1 is 0.952 bits per heavy atom. The molecule has 0 radical (unpaired) electrons. The summed E-state index contributed by atoms with van der Waals surface area (Å²) >= 11 is 0. The van der Waals surface area contributed by atoms with E-state index in [9.17, 15) is 13.2 Å². The summed E-state index contributed by atoms with van der Waals surface area (Å²) < 4.78 is 38.9. The van der Waals surface area contributed by atoms with Crippen LogP contribution in [-0.2, 0) is 12.7 Å². The Balaban J connectivity index is 1.80. The lowest BCUT2D eigenvalue weighted by Crippen LogP contribution is -2.18. The maximum Gasteiger partial charge on any atom is 0.416 e. The van der Waals surface area contributed by atoms with E-state index in [2.05, 4.69) is 5.32 Å². The van der Waals surface area contributed by atoms with E-state index in [1.54, 1.807) is 18.2 Å². The zero-order chi connectivity index (χ0) is 14.9. The first-order chi connectivity index (χ1) is 10.1. The van der Waals surface area contributed by atoms with Gasteiger partial charge in [-0.2, -0.15) is 13.2 Å². The maximum absolute atomic E-state index is 13.0. The zero-order valence-electron chi connectivity index (χ0n) is 11.2. The number of hydrogen-bond donors (Lipinski definition) is 1. The van der Waals surface area contributed by atoms with Crippen molar-refractivity contribution in [2.45, 2.75) is 18.8 Å². The normalized spacial score (nSPS) is 17.0. The Hall–Kier alpha value is -2.07. The van der Waals surface area contributed by atoms with Gasteiger partial charge in [-0.15, -0.1) is 0 Å². The van der Waals surface area contributed by atoms with Crippen LogP contribution < -0.4 is 5.32 Å². The summed E-state index contributed by atoms with van der Waals surface area (Å²) in [7, 11) is 0. The fraction of sp³-hybridized carbons (Fsp3) is 0.176. The first-order valence-electron chi connectivity index (χ1n) is 6.71. The quantitative estimate of drug-likeness (QED) is 0.873. The SMILES string of the molecule is FC(F)(F)c1cccc2c1C=CC2NCc1ccccc1. The van der Waals surface area contributed by atoms with Crippen LogP contribution in [0.25, 0.3) is 6.08 Å². The molecule has 0 bridgehead atoms. The lowest BCUT2D eigenvalue weighted by atomic mass is 10.0. The van der Waals surface area contributed by atoms with Gasteiger partial charge in [-0.25, -0.2) is 0 Å². The lowest BCUT2D eigenvalue weighted by molar-refractivity contribution is -0.137. The van der Waals surface area contributed by atoms with Crippen LogP contribution in [0.2, 0.25) is 0 Å². The first-order valence-corrected chi connectivity index (χ1v) is 6.71. The fourth-order valence-corrected chi connectivity index (χ4v) is 2.59. The molecule has 1 atom stereocenters. The summed E-state index contributed by atoms with van der Waals surface area (Å²) in [4.78, 5) is 0.